The van der Waals surface area contributed by atoms with Crippen molar-refractivity contribution < 1.29 is 22.8 Å². The smallest absolute Gasteiger partial charge is 0.334 e. The Bertz CT molecular complexity index is 573. The Balaban J connectivity index is 2.78. The molecule has 0 saturated carbocycles. The summed E-state index contributed by atoms with van der Waals surface area (Å²) < 4.78 is 37.1. The van der Waals surface area contributed by atoms with E-state index in [1.54, 1.807) is 32.0 Å². The van der Waals surface area contributed by atoms with E-state index >= 15 is 0 Å². The van der Waals surface area contributed by atoms with Crippen molar-refractivity contribution in [1.82, 2.24) is 4.90 Å². The van der Waals surface area contributed by atoms with Gasteiger partial charge in [-0.3, -0.25) is 9.59 Å². The van der Waals surface area contributed by atoms with Gasteiger partial charge in [-0.05, 0) is 24.6 Å². The fraction of sp³-hybridized carbons (Fsp3) is 0.467. The molecule has 0 bridgehead atoms. The lowest BCUT2D eigenvalue weighted by Gasteiger charge is -2.19. The highest BCUT2D eigenvalue weighted by Gasteiger charge is 2.41. The number of alkyl halides is 3. The number of hydrogen-bond acceptors (Lipinski definition) is 3. The van der Waals surface area contributed by atoms with Crippen LogP contribution in [0.15, 0.2) is 24.3 Å². The van der Waals surface area contributed by atoms with Gasteiger partial charge in [0, 0.05) is 25.3 Å². The van der Waals surface area contributed by atoms with E-state index in [9.17, 15) is 22.8 Å². The zero-order chi connectivity index (χ0) is 17.8. The van der Waals surface area contributed by atoms with Gasteiger partial charge in [0.1, 0.15) is 0 Å². The van der Waals surface area contributed by atoms with Crippen molar-refractivity contribution in [3.8, 4) is 0 Å². The van der Waals surface area contributed by atoms with Crippen molar-refractivity contribution >= 4 is 17.5 Å². The van der Waals surface area contributed by atoms with E-state index < -0.39 is 18.0 Å². The summed E-state index contributed by atoms with van der Waals surface area (Å²) in [4.78, 5) is 23.6. The van der Waals surface area contributed by atoms with Gasteiger partial charge >= 0.3 is 12.1 Å². The molecular weight excluding hydrogens is 311 g/mol. The summed E-state index contributed by atoms with van der Waals surface area (Å²) in [7, 11) is 1.07. The summed E-state index contributed by atoms with van der Waals surface area (Å²) in [6.45, 7) is 3.17. The topological polar surface area (TPSA) is 75.4 Å². The van der Waals surface area contributed by atoms with E-state index in [0.717, 1.165) is 7.05 Å². The van der Waals surface area contributed by atoms with Gasteiger partial charge < -0.3 is 16.0 Å². The molecule has 0 aliphatic carbocycles. The second kappa shape index (κ2) is 7.45. The number of amides is 2. The average molecular weight is 331 g/mol. The molecule has 128 valence electrons. The number of nitrogens with two attached hydrogens (primary N) is 1. The van der Waals surface area contributed by atoms with Gasteiger partial charge in [0.15, 0.2) is 0 Å². The number of carbonyl (C=O) groups excluding carboxylic acids is 2. The van der Waals surface area contributed by atoms with Crippen LogP contribution in [0.5, 0.6) is 0 Å². The van der Waals surface area contributed by atoms with Crippen molar-refractivity contribution in [3.63, 3.8) is 0 Å². The Morgan fingerprint density at radius 2 is 1.91 bits per heavy atom. The van der Waals surface area contributed by atoms with Gasteiger partial charge in [-0.1, -0.05) is 19.1 Å². The Hall–Kier alpha value is -2.09. The largest absolute Gasteiger partial charge is 0.471 e. The van der Waals surface area contributed by atoms with Gasteiger partial charge in [-0.25, -0.2) is 0 Å². The van der Waals surface area contributed by atoms with Crippen LogP contribution in [0.2, 0.25) is 0 Å². The van der Waals surface area contributed by atoms with Crippen LogP contribution in [-0.2, 0) is 16.1 Å². The summed E-state index contributed by atoms with van der Waals surface area (Å²) in [6.07, 6.45) is -4.91. The highest BCUT2D eigenvalue weighted by molar-refractivity contribution is 5.92. The number of carbonyl (C=O) groups is 2. The van der Waals surface area contributed by atoms with E-state index in [2.05, 4.69) is 5.32 Å². The van der Waals surface area contributed by atoms with Gasteiger partial charge in [-0.15, -0.1) is 0 Å². The number of nitrogens with zero attached hydrogens (tertiary/aromatic N) is 1. The van der Waals surface area contributed by atoms with Crippen LogP contribution >= 0.6 is 0 Å². The zero-order valence-corrected chi connectivity index (χ0v) is 13.1. The molecule has 0 saturated heterocycles. The normalized spacial score (nSPS) is 14.0. The van der Waals surface area contributed by atoms with Gasteiger partial charge in [0.05, 0.1) is 5.92 Å². The van der Waals surface area contributed by atoms with Gasteiger partial charge in [0.25, 0.3) is 0 Å². The standard InChI is InChI=1S/C15H20F3N3O2/c1-9(10(2)19)13(22)20-12-6-4-5-11(7-12)8-21(3)14(23)15(16,17)18/h4-7,9-10H,8,19H2,1-3H3,(H,20,22). The summed E-state index contributed by atoms with van der Waals surface area (Å²) in [5.74, 6) is -2.61. The van der Waals surface area contributed by atoms with Crippen LogP contribution < -0.4 is 11.1 Å². The van der Waals surface area contributed by atoms with Crippen molar-refractivity contribution in [2.24, 2.45) is 11.7 Å². The molecule has 1 rings (SSSR count). The Morgan fingerprint density at radius 1 is 1.30 bits per heavy atom. The van der Waals surface area contributed by atoms with Crippen LogP contribution in [0.25, 0.3) is 0 Å². The Morgan fingerprint density at radius 3 is 2.43 bits per heavy atom. The first kappa shape index (κ1) is 19.0. The third kappa shape index (κ3) is 5.55. The molecule has 0 radical (unpaired) electrons. The lowest BCUT2D eigenvalue weighted by atomic mass is 10.0. The highest BCUT2D eigenvalue weighted by Crippen LogP contribution is 2.20. The highest BCUT2D eigenvalue weighted by atomic mass is 19.4. The first-order valence-electron chi connectivity index (χ1n) is 7.00. The van der Waals surface area contributed by atoms with Gasteiger partial charge in [-0.2, -0.15) is 13.2 Å². The second-order valence-corrected chi connectivity index (χ2v) is 5.50. The average Bonchev–Trinajstić information content (AvgIpc) is 2.44. The maximum Gasteiger partial charge on any atom is 0.471 e. The quantitative estimate of drug-likeness (QED) is 0.868. The molecule has 8 heteroatoms. The maximum atomic E-state index is 12.4. The van der Waals surface area contributed by atoms with E-state index in [1.165, 1.54) is 6.07 Å². The molecule has 0 heterocycles. The van der Waals surface area contributed by atoms with Crippen LogP contribution in [0, 0.1) is 5.92 Å². The minimum absolute atomic E-state index is 0.217. The molecule has 0 aliphatic rings. The molecule has 2 unspecified atom stereocenters. The lowest BCUT2D eigenvalue weighted by Crippen LogP contribution is -2.38. The fourth-order valence-electron chi connectivity index (χ4n) is 1.80. The predicted octanol–water partition coefficient (Wildman–Crippen LogP) is 2.13. The molecule has 0 aliphatic heterocycles. The summed E-state index contributed by atoms with van der Waals surface area (Å²) in [5.41, 5.74) is 6.56. The summed E-state index contributed by atoms with van der Waals surface area (Å²) in [5, 5.41) is 2.65. The monoisotopic (exact) mass is 331 g/mol. The van der Waals surface area contributed by atoms with Crippen molar-refractivity contribution in [2.45, 2.75) is 32.6 Å². The fourth-order valence-corrected chi connectivity index (χ4v) is 1.80. The number of rotatable bonds is 5. The molecule has 5 nitrogen and oxygen atoms in total. The lowest BCUT2D eigenvalue weighted by molar-refractivity contribution is -0.184. The number of nitrogens with one attached hydrogen (secondary N) is 1. The van der Waals surface area contributed by atoms with Crippen molar-refractivity contribution in [1.29, 1.82) is 0 Å². The van der Waals surface area contributed by atoms with Crippen LogP contribution in [-0.4, -0.2) is 36.0 Å². The Kier molecular flexibility index (Phi) is 6.14. The number of benzene rings is 1. The molecule has 0 aromatic heterocycles. The molecule has 0 spiro atoms. The molecule has 2 amide bonds. The molecule has 0 fully saturated rings. The maximum absolute atomic E-state index is 12.4. The van der Waals surface area contributed by atoms with Crippen molar-refractivity contribution in [2.75, 3.05) is 12.4 Å². The molecule has 1 aromatic rings. The first-order valence-corrected chi connectivity index (χ1v) is 7.00. The van der Waals surface area contributed by atoms with Gasteiger partial charge in [0.2, 0.25) is 5.91 Å². The van der Waals surface area contributed by atoms with E-state index in [-0.39, 0.29) is 18.5 Å². The second-order valence-electron chi connectivity index (χ2n) is 5.50. The molecule has 2 atom stereocenters. The molecule has 1 aromatic carbocycles. The van der Waals surface area contributed by atoms with E-state index in [1.807, 2.05) is 0 Å². The zero-order valence-electron chi connectivity index (χ0n) is 13.1. The van der Waals surface area contributed by atoms with Crippen LogP contribution in [0.4, 0.5) is 18.9 Å². The minimum Gasteiger partial charge on any atom is -0.334 e. The van der Waals surface area contributed by atoms with Crippen LogP contribution in [0.3, 0.4) is 0 Å². The molecule has 23 heavy (non-hydrogen) atoms. The number of halogens is 3. The van der Waals surface area contributed by atoms with E-state index in [0.29, 0.717) is 16.2 Å². The molecule has 3 N–H and O–H groups in total. The Labute approximate surface area is 132 Å². The molecular formula is C15H20F3N3O2. The number of anilines is 1. The van der Waals surface area contributed by atoms with Crippen LogP contribution in [0.1, 0.15) is 19.4 Å². The minimum atomic E-state index is -4.91. The summed E-state index contributed by atoms with van der Waals surface area (Å²) >= 11 is 0. The third-order valence-electron chi connectivity index (χ3n) is 3.41. The SMILES string of the molecule is CC(N)C(C)C(=O)Nc1cccc(CN(C)C(=O)C(F)(F)F)c1. The predicted molar refractivity (Wildman–Crippen MR) is 80.4 cm³/mol. The number of hydrogen-bond donors (Lipinski definition) is 2. The summed E-state index contributed by atoms with van der Waals surface area (Å²) in [6, 6.07) is 5.97. The van der Waals surface area contributed by atoms with Crippen molar-refractivity contribution in [3.05, 3.63) is 29.8 Å². The van der Waals surface area contributed by atoms with E-state index in [4.69, 9.17) is 5.73 Å². The first-order chi connectivity index (χ1) is 10.5. The third-order valence-corrected chi connectivity index (χ3v) is 3.41.